The Balaban J connectivity index is 1.83. The van der Waals surface area contributed by atoms with Crippen molar-refractivity contribution in [3.05, 3.63) is 41.7 Å². The van der Waals surface area contributed by atoms with Gasteiger partial charge in [-0.25, -0.2) is 0 Å². The summed E-state index contributed by atoms with van der Waals surface area (Å²) < 4.78 is 7.05. The largest absolute Gasteiger partial charge is 0.497 e. The minimum absolute atomic E-state index is 0.430. The molecule has 6 heteroatoms. The smallest absolute Gasteiger partial charge is 0.119 e. The Hall–Kier alpha value is -1.92. The van der Waals surface area contributed by atoms with Crippen LogP contribution < -0.4 is 10.5 Å². The van der Waals surface area contributed by atoms with Crippen LogP contribution in [0.5, 0.6) is 5.75 Å². The van der Waals surface area contributed by atoms with Gasteiger partial charge in [-0.2, -0.15) is 0 Å². The number of methoxy groups -OCH3 is 1. The predicted molar refractivity (Wildman–Crippen MR) is 77.2 cm³/mol. The summed E-state index contributed by atoms with van der Waals surface area (Å²) in [5, 5.41) is 8.01. The van der Waals surface area contributed by atoms with Gasteiger partial charge >= 0.3 is 0 Å². The Labute approximate surface area is 119 Å². The third-order valence-electron chi connectivity index (χ3n) is 3.09. The molecule has 1 aromatic carbocycles. The van der Waals surface area contributed by atoms with E-state index >= 15 is 0 Å². The Morgan fingerprint density at radius 2 is 2.25 bits per heavy atom. The van der Waals surface area contributed by atoms with Gasteiger partial charge in [-0.05, 0) is 24.7 Å². The molecule has 2 N–H and O–H groups in total. The number of rotatable bonds is 7. The van der Waals surface area contributed by atoms with Crippen LogP contribution in [0.2, 0.25) is 0 Å². The SMILES string of the molecule is COc1cccc(CN(C)CCn2cc(CN)nn2)c1. The summed E-state index contributed by atoms with van der Waals surface area (Å²) in [5.74, 6) is 0.889. The van der Waals surface area contributed by atoms with Gasteiger partial charge in [0, 0.05) is 25.8 Å². The van der Waals surface area contributed by atoms with Crippen molar-refractivity contribution in [2.24, 2.45) is 5.73 Å². The number of ether oxygens (including phenoxy) is 1. The molecule has 0 saturated heterocycles. The molecule has 0 radical (unpaired) electrons. The normalized spacial score (nSPS) is 11.0. The van der Waals surface area contributed by atoms with E-state index in [-0.39, 0.29) is 0 Å². The van der Waals surface area contributed by atoms with Gasteiger partial charge < -0.3 is 15.4 Å². The van der Waals surface area contributed by atoms with Crippen molar-refractivity contribution in [2.75, 3.05) is 20.7 Å². The van der Waals surface area contributed by atoms with Crippen LogP contribution in [0.4, 0.5) is 0 Å². The van der Waals surface area contributed by atoms with Gasteiger partial charge in [-0.15, -0.1) is 5.10 Å². The highest BCUT2D eigenvalue weighted by Crippen LogP contribution is 2.13. The summed E-state index contributed by atoms with van der Waals surface area (Å²) in [6.45, 7) is 2.99. The second-order valence-corrected chi connectivity index (χ2v) is 4.77. The van der Waals surface area contributed by atoms with Gasteiger partial charge in [0.05, 0.1) is 19.3 Å². The summed E-state index contributed by atoms with van der Waals surface area (Å²) in [6.07, 6.45) is 1.89. The Morgan fingerprint density at radius 1 is 1.40 bits per heavy atom. The van der Waals surface area contributed by atoms with Crippen LogP contribution in [0.3, 0.4) is 0 Å². The van der Waals surface area contributed by atoms with Gasteiger partial charge in [-0.1, -0.05) is 17.3 Å². The molecule has 2 aromatic rings. The fraction of sp³-hybridized carbons (Fsp3) is 0.429. The molecule has 0 spiro atoms. The van der Waals surface area contributed by atoms with Crippen molar-refractivity contribution in [3.8, 4) is 5.75 Å². The lowest BCUT2D eigenvalue weighted by atomic mass is 10.2. The third-order valence-corrected chi connectivity index (χ3v) is 3.09. The van der Waals surface area contributed by atoms with E-state index in [4.69, 9.17) is 10.5 Å². The lowest BCUT2D eigenvalue weighted by Gasteiger charge is -2.16. The van der Waals surface area contributed by atoms with Crippen LogP contribution in [0.1, 0.15) is 11.3 Å². The molecule has 2 rings (SSSR count). The standard InChI is InChI=1S/C14H21N5O/c1-18(6-7-19-11-13(9-15)16-17-19)10-12-4-3-5-14(8-12)20-2/h3-5,8,11H,6-7,9-10,15H2,1-2H3. The van der Waals surface area contributed by atoms with E-state index in [1.165, 1.54) is 5.56 Å². The summed E-state index contributed by atoms with van der Waals surface area (Å²) in [6, 6.07) is 8.11. The zero-order valence-electron chi connectivity index (χ0n) is 12.0. The molecule has 1 aromatic heterocycles. The monoisotopic (exact) mass is 275 g/mol. The van der Waals surface area contributed by atoms with Gasteiger partial charge in [0.15, 0.2) is 0 Å². The van der Waals surface area contributed by atoms with Crippen LogP contribution in [0, 0.1) is 0 Å². The van der Waals surface area contributed by atoms with Gasteiger partial charge in [0.2, 0.25) is 0 Å². The van der Waals surface area contributed by atoms with E-state index in [2.05, 4.69) is 34.4 Å². The van der Waals surface area contributed by atoms with Crippen LogP contribution in [0.25, 0.3) is 0 Å². The Kier molecular flexibility index (Phi) is 5.09. The maximum atomic E-state index is 5.51. The number of nitrogens with two attached hydrogens (primary N) is 1. The topological polar surface area (TPSA) is 69.2 Å². The van der Waals surface area contributed by atoms with E-state index in [9.17, 15) is 0 Å². The van der Waals surface area contributed by atoms with Crippen molar-refractivity contribution < 1.29 is 4.74 Å². The van der Waals surface area contributed by atoms with Crippen LogP contribution >= 0.6 is 0 Å². The number of hydrogen-bond donors (Lipinski definition) is 1. The van der Waals surface area contributed by atoms with Crippen molar-refractivity contribution in [3.63, 3.8) is 0 Å². The lowest BCUT2D eigenvalue weighted by Crippen LogP contribution is -2.23. The summed E-state index contributed by atoms with van der Waals surface area (Å²) in [7, 11) is 3.77. The molecule has 0 aliphatic heterocycles. The third kappa shape index (κ3) is 4.04. The fourth-order valence-electron chi connectivity index (χ4n) is 1.98. The highest BCUT2D eigenvalue weighted by molar-refractivity contribution is 5.28. The number of nitrogens with zero attached hydrogens (tertiary/aromatic N) is 4. The van der Waals surface area contributed by atoms with Crippen molar-refractivity contribution in [2.45, 2.75) is 19.6 Å². The van der Waals surface area contributed by atoms with Crippen molar-refractivity contribution in [1.29, 1.82) is 0 Å². The zero-order chi connectivity index (χ0) is 14.4. The van der Waals surface area contributed by atoms with Crippen LogP contribution in [-0.4, -0.2) is 40.6 Å². The quantitative estimate of drug-likeness (QED) is 0.812. The molecule has 1 heterocycles. The molecule has 6 nitrogen and oxygen atoms in total. The predicted octanol–water partition coefficient (Wildman–Crippen LogP) is 0.877. The molecule has 0 saturated carbocycles. The van der Waals surface area contributed by atoms with Crippen molar-refractivity contribution >= 4 is 0 Å². The molecule has 0 aliphatic rings. The highest BCUT2D eigenvalue weighted by atomic mass is 16.5. The Morgan fingerprint density at radius 3 is 2.95 bits per heavy atom. The molecule has 0 fully saturated rings. The van der Waals surface area contributed by atoms with E-state index in [1.807, 2.05) is 23.0 Å². The van der Waals surface area contributed by atoms with Gasteiger partial charge in [0.1, 0.15) is 5.75 Å². The summed E-state index contributed by atoms with van der Waals surface area (Å²) in [4.78, 5) is 2.23. The summed E-state index contributed by atoms with van der Waals surface area (Å²) in [5.41, 5.74) is 7.56. The zero-order valence-corrected chi connectivity index (χ0v) is 12.0. The molecular weight excluding hydrogens is 254 g/mol. The maximum absolute atomic E-state index is 5.51. The van der Waals surface area contributed by atoms with Crippen LogP contribution in [0.15, 0.2) is 30.5 Å². The molecule has 108 valence electrons. The average molecular weight is 275 g/mol. The molecule has 0 aliphatic carbocycles. The molecule has 0 bridgehead atoms. The first-order valence-corrected chi connectivity index (χ1v) is 6.62. The van der Waals surface area contributed by atoms with E-state index in [0.717, 1.165) is 31.1 Å². The number of aromatic nitrogens is 3. The number of likely N-dealkylation sites (N-methyl/N-ethyl adjacent to an activating group) is 1. The molecule has 0 amide bonds. The van der Waals surface area contributed by atoms with Gasteiger partial charge in [0.25, 0.3) is 0 Å². The average Bonchev–Trinajstić information content (AvgIpc) is 2.93. The molecule has 20 heavy (non-hydrogen) atoms. The summed E-state index contributed by atoms with van der Waals surface area (Å²) >= 11 is 0. The van der Waals surface area contributed by atoms with E-state index in [0.29, 0.717) is 6.54 Å². The number of benzene rings is 1. The minimum Gasteiger partial charge on any atom is -0.497 e. The second kappa shape index (κ2) is 7.02. The van der Waals surface area contributed by atoms with Crippen LogP contribution in [-0.2, 0) is 19.6 Å². The minimum atomic E-state index is 0.430. The maximum Gasteiger partial charge on any atom is 0.119 e. The van der Waals surface area contributed by atoms with Gasteiger partial charge in [-0.3, -0.25) is 4.68 Å². The fourth-order valence-corrected chi connectivity index (χ4v) is 1.98. The first-order valence-electron chi connectivity index (χ1n) is 6.62. The molecule has 0 atom stereocenters. The second-order valence-electron chi connectivity index (χ2n) is 4.77. The number of hydrogen-bond acceptors (Lipinski definition) is 5. The van der Waals surface area contributed by atoms with E-state index < -0.39 is 0 Å². The molecule has 0 unspecified atom stereocenters. The Bertz CT molecular complexity index is 540. The first kappa shape index (κ1) is 14.5. The highest BCUT2D eigenvalue weighted by Gasteiger charge is 2.03. The first-order chi connectivity index (χ1) is 9.71. The van der Waals surface area contributed by atoms with Crippen molar-refractivity contribution in [1.82, 2.24) is 19.9 Å². The molecular formula is C14H21N5O. The lowest BCUT2D eigenvalue weighted by molar-refractivity contribution is 0.303. The van der Waals surface area contributed by atoms with E-state index in [1.54, 1.807) is 7.11 Å².